The van der Waals surface area contributed by atoms with E-state index in [1.165, 1.54) is 24.3 Å². The molecule has 0 aliphatic heterocycles. The van der Waals surface area contributed by atoms with Crippen LogP contribution < -0.4 is 10.5 Å². The second-order valence-electron chi connectivity index (χ2n) is 5.05. The summed E-state index contributed by atoms with van der Waals surface area (Å²) in [5, 5.41) is 0. The summed E-state index contributed by atoms with van der Waals surface area (Å²) in [5.41, 5.74) is 6.05. The first-order chi connectivity index (χ1) is 11.3. The van der Waals surface area contributed by atoms with E-state index in [0.717, 1.165) is 6.26 Å². The van der Waals surface area contributed by atoms with Crippen LogP contribution in [0.5, 0.6) is 0 Å². The van der Waals surface area contributed by atoms with Crippen molar-refractivity contribution in [3.8, 4) is 0 Å². The zero-order chi connectivity index (χ0) is 17.7. The van der Waals surface area contributed by atoms with E-state index >= 15 is 0 Å². The van der Waals surface area contributed by atoms with Crippen molar-refractivity contribution < 1.29 is 22.7 Å². The van der Waals surface area contributed by atoms with Crippen molar-refractivity contribution >= 4 is 27.6 Å². The van der Waals surface area contributed by atoms with Crippen molar-refractivity contribution in [2.45, 2.75) is 6.10 Å². The van der Waals surface area contributed by atoms with Gasteiger partial charge in [-0.05, 0) is 18.2 Å². The number of carbonyl (C=O) groups excluding carboxylic acids is 2. The summed E-state index contributed by atoms with van der Waals surface area (Å²) in [7, 11) is -3.48. The molecule has 0 unspecified atom stereocenters. The van der Waals surface area contributed by atoms with Crippen molar-refractivity contribution in [1.82, 2.24) is 0 Å². The number of ether oxygens (including phenoxy) is 1. The van der Waals surface area contributed by atoms with Gasteiger partial charge in [-0.25, -0.2) is 13.2 Å². The molecule has 0 radical (unpaired) electrons. The van der Waals surface area contributed by atoms with E-state index in [9.17, 15) is 18.0 Å². The Kier molecular flexibility index (Phi) is 5.20. The van der Waals surface area contributed by atoms with Crippen LogP contribution in [0, 0.1) is 0 Å². The third-order valence-electron chi connectivity index (χ3n) is 2.99. The highest BCUT2D eigenvalue weighted by molar-refractivity contribution is 7.92. The molecule has 0 spiro atoms. The number of anilines is 1. The van der Waals surface area contributed by atoms with Crippen LogP contribution >= 0.6 is 0 Å². The van der Waals surface area contributed by atoms with Crippen LogP contribution in [-0.4, -0.2) is 26.6 Å². The van der Waals surface area contributed by atoms with Crippen LogP contribution in [0.15, 0.2) is 54.6 Å². The van der Waals surface area contributed by atoms with Gasteiger partial charge in [0.2, 0.25) is 16.1 Å². The first kappa shape index (κ1) is 17.5. The SMILES string of the molecule is CS(=O)(=O)Nc1cccc(C(=O)O[C@@H](C(N)=O)c2ccccc2)c1. The van der Waals surface area contributed by atoms with Gasteiger partial charge in [-0.2, -0.15) is 0 Å². The molecule has 1 atom stereocenters. The second kappa shape index (κ2) is 7.14. The first-order valence-corrected chi connectivity index (χ1v) is 8.78. The lowest BCUT2D eigenvalue weighted by Gasteiger charge is -2.15. The van der Waals surface area contributed by atoms with Gasteiger partial charge in [-0.1, -0.05) is 36.4 Å². The van der Waals surface area contributed by atoms with Gasteiger partial charge in [-0.3, -0.25) is 9.52 Å². The summed E-state index contributed by atoms with van der Waals surface area (Å²) >= 11 is 0. The zero-order valence-electron chi connectivity index (χ0n) is 12.8. The van der Waals surface area contributed by atoms with Crippen molar-refractivity contribution in [2.75, 3.05) is 11.0 Å². The summed E-state index contributed by atoms with van der Waals surface area (Å²) in [6.45, 7) is 0. The van der Waals surface area contributed by atoms with E-state index in [4.69, 9.17) is 10.5 Å². The zero-order valence-corrected chi connectivity index (χ0v) is 13.6. The molecule has 2 rings (SSSR count). The number of benzene rings is 2. The number of hydrogen-bond acceptors (Lipinski definition) is 5. The predicted molar refractivity (Wildman–Crippen MR) is 88.7 cm³/mol. The van der Waals surface area contributed by atoms with Gasteiger partial charge in [0.05, 0.1) is 11.8 Å². The molecule has 126 valence electrons. The largest absolute Gasteiger partial charge is 0.444 e. The van der Waals surface area contributed by atoms with Crippen molar-refractivity contribution in [2.24, 2.45) is 5.73 Å². The lowest BCUT2D eigenvalue weighted by Crippen LogP contribution is -2.26. The summed E-state index contributed by atoms with van der Waals surface area (Å²) < 4.78 is 29.9. The molecule has 0 heterocycles. The van der Waals surface area contributed by atoms with Crippen molar-refractivity contribution in [1.29, 1.82) is 0 Å². The molecular formula is C16H16N2O5S. The molecule has 2 aromatic carbocycles. The quantitative estimate of drug-likeness (QED) is 0.766. The third kappa shape index (κ3) is 4.82. The molecule has 0 saturated heterocycles. The molecule has 1 amide bonds. The van der Waals surface area contributed by atoms with Gasteiger partial charge < -0.3 is 10.5 Å². The second-order valence-corrected chi connectivity index (χ2v) is 6.80. The maximum atomic E-state index is 12.2. The molecule has 2 aromatic rings. The lowest BCUT2D eigenvalue weighted by molar-refractivity contribution is -0.127. The van der Waals surface area contributed by atoms with Crippen LogP contribution in [-0.2, 0) is 19.6 Å². The molecule has 24 heavy (non-hydrogen) atoms. The highest BCUT2D eigenvalue weighted by Crippen LogP contribution is 2.20. The van der Waals surface area contributed by atoms with Crippen LogP contribution in [0.1, 0.15) is 22.0 Å². The maximum Gasteiger partial charge on any atom is 0.339 e. The fraction of sp³-hybridized carbons (Fsp3) is 0.125. The van der Waals surface area contributed by atoms with E-state index in [-0.39, 0.29) is 11.3 Å². The molecular weight excluding hydrogens is 332 g/mol. The number of esters is 1. The lowest BCUT2D eigenvalue weighted by atomic mass is 10.1. The number of nitrogens with one attached hydrogen (secondary N) is 1. The van der Waals surface area contributed by atoms with Gasteiger partial charge in [0.1, 0.15) is 0 Å². The van der Waals surface area contributed by atoms with E-state index < -0.39 is 28.0 Å². The predicted octanol–water partition coefficient (Wildman–Crippen LogP) is 1.44. The molecule has 0 aromatic heterocycles. The minimum absolute atomic E-state index is 0.0887. The highest BCUT2D eigenvalue weighted by atomic mass is 32.2. The van der Waals surface area contributed by atoms with Crippen LogP contribution in [0.2, 0.25) is 0 Å². The van der Waals surface area contributed by atoms with Crippen molar-refractivity contribution in [3.05, 3.63) is 65.7 Å². The summed E-state index contributed by atoms with van der Waals surface area (Å²) in [5.74, 6) is -1.60. The molecule has 3 N–H and O–H groups in total. The van der Waals surface area contributed by atoms with Gasteiger partial charge in [-0.15, -0.1) is 0 Å². The molecule has 0 aliphatic rings. The fourth-order valence-corrected chi connectivity index (χ4v) is 2.57. The number of rotatable bonds is 6. The Morgan fingerprint density at radius 3 is 2.33 bits per heavy atom. The van der Waals surface area contributed by atoms with Gasteiger partial charge >= 0.3 is 5.97 Å². The Labute approximate surface area is 139 Å². The number of hydrogen-bond donors (Lipinski definition) is 2. The minimum atomic E-state index is -3.48. The van der Waals surface area contributed by atoms with E-state index in [1.807, 2.05) is 0 Å². The Morgan fingerprint density at radius 1 is 1.08 bits per heavy atom. The van der Waals surface area contributed by atoms with Crippen LogP contribution in [0.3, 0.4) is 0 Å². The minimum Gasteiger partial charge on any atom is -0.444 e. The van der Waals surface area contributed by atoms with E-state index in [0.29, 0.717) is 5.56 Å². The smallest absolute Gasteiger partial charge is 0.339 e. The van der Waals surface area contributed by atoms with Gasteiger partial charge in [0.25, 0.3) is 5.91 Å². The summed E-state index contributed by atoms with van der Waals surface area (Å²) in [6.07, 6.45) is -0.235. The molecule has 7 nitrogen and oxygen atoms in total. The average Bonchev–Trinajstić information content (AvgIpc) is 2.51. The molecule has 8 heteroatoms. The van der Waals surface area contributed by atoms with Gasteiger partial charge in [0, 0.05) is 11.3 Å². The summed E-state index contributed by atoms with van der Waals surface area (Å²) in [6, 6.07) is 14.1. The molecule has 0 saturated carbocycles. The average molecular weight is 348 g/mol. The van der Waals surface area contributed by atoms with E-state index in [1.54, 1.807) is 30.3 Å². The third-order valence-corrected chi connectivity index (χ3v) is 3.59. The standard InChI is InChI=1S/C16H16N2O5S/c1-24(21,22)18-13-9-5-8-12(10-13)16(20)23-14(15(17)19)11-6-3-2-4-7-11/h2-10,14,18H,1H3,(H2,17,19)/t14-/m1/s1. The molecule has 0 fully saturated rings. The molecule has 0 bridgehead atoms. The molecule has 0 aliphatic carbocycles. The number of primary amides is 1. The van der Waals surface area contributed by atoms with Crippen LogP contribution in [0.25, 0.3) is 0 Å². The Balaban J connectivity index is 2.22. The number of sulfonamides is 1. The van der Waals surface area contributed by atoms with Crippen LogP contribution in [0.4, 0.5) is 5.69 Å². The number of carbonyl (C=O) groups is 2. The van der Waals surface area contributed by atoms with Gasteiger partial charge in [0.15, 0.2) is 0 Å². The number of nitrogens with two attached hydrogens (primary N) is 1. The number of amides is 1. The van der Waals surface area contributed by atoms with Crippen molar-refractivity contribution in [3.63, 3.8) is 0 Å². The van der Waals surface area contributed by atoms with E-state index in [2.05, 4.69) is 4.72 Å². The fourth-order valence-electron chi connectivity index (χ4n) is 2.02. The Bertz CT molecular complexity index is 850. The Morgan fingerprint density at radius 2 is 1.75 bits per heavy atom. The summed E-state index contributed by atoms with van der Waals surface area (Å²) in [4.78, 5) is 23.8. The Hall–Kier alpha value is -2.87. The normalized spacial score (nSPS) is 12.2. The maximum absolute atomic E-state index is 12.2. The monoisotopic (exact) mass is 348 g/mol. The first-order valence-electron chi connectivity index (χ1n) is 6.89. The topological polar surface area (TPSA) is 116 Å². The highest BCUT2D eigenvalue weighted by Gasteiger charge is 2.23.